The average Bonchev–Trinajstić information content (AvgIpc) is 3.16. The molecule has 1 aliphatic heterocycles. The number of benzene rings is 3. The van der Waals surface area contributed by atoms with E-state index in [0.29, 0.717) is 18.9 Å². The van der Waals surface area contributed by atoms with Gasteiger partial charge in [0.1, 0.15) is 12.2 Å². The van der Waals surface area contributed by atoms with E-state index >= 15 is 0 Å². The number of ether oxygens (including phenoxy) is 2. The van der Waals surface area contributed by atoms with E-state index in [1.807, 2.05) is 54.6 Å². The first-order valence-corrected chi connectivity index (χ1v) is 9.90. The minimum atomic E-state index is -0.801. The van der Waals surface area contributed by atoms with Gasteiger partial charge in [-0.2, -0.15) is 0 Å². The molecule has 29 heavy (non-hydrogen) atoms. The van der Waals surface area contributed by atoms with Crippen molar-refractivity contribution in [3.63, 3.8) is 0 Å². The number of nitrogens with two attached hydrogens (primary N) is 1. The van der Waals surface area contributed by atoms with Crippen molar-refractivity contribution in [3.8, 4) is 0 Å². The zero-order chi connectivity index (χ0) is 20.1. The first-order chi connectivity index (χ1) is 14.3. The summed E-state index contributed by atoms with van der Waals surface area (Å²) in [6.07, 6.45) is -0.282. The molecule has 3 aromatic carbocycles. The molecular weight excluding hydrogens is 362 g/mol. The smallest absolute Gasteiger partial charge is 0.183 e. The van der Waals surface area contributed by atoms with Crippen LogP contribution < -0.4 is 5.41 Å². The summed E-state index contributed by atoms with van der Waals surface area (Å²) >= 11 is 0. The molecule has 3 N–H and O–H groups in total. The zero-order valence-electron chi connectivity index (χ0n) is 16.3. The van der Waals surface area contributed by atoms with E-state index in [1.165, 1.54) is 0 Å². The summed E-state index contributed by atoms with van der Waals surface area (Å²) in [5.74, 6) is -0.213. The molecule has 148 valence electrons. The lowest BCUT2D eigenvalue weighted by Crippen LogP contribution is -2.47. The van der Waals surface area contributed by atoms with Crippen LogP contribution in [-0.4, -0.2) is 36.7 Å². The number of rotatable bonds is 7. The summed E-state index contributed by atoms with van der Waals surface area (Å²) in [7, 11) is 0. The molecule has 1 saturated heterocycles. The predicted octanol–water partition coefficient (Wildman–Crippen LogP) is 2.20. The monoisotopic (exact) mass is 388 g/mol. The Labute approximate surface area is 171 Å². The largest absolute Gasteiger partial charge is 0.395 e. The SMILES string of the molecule is [NH2+]=C1CO[C@H](COC(c2ccccc2)(c2ccccc2)c2ccccc2)[C@H]1CO. The molecule has 1 aliphatic rings. The molecular formula is C25H26NO3+. The van der Waals surface area contributed by atoms with Gasteiger partial charge in [0.2, 0.25) is 0 Å². The van der Waals surface area contributed by atoms with Gasteiger partial charge < -0.3 is 14.6 Å². The van der Waals surface area contributed by atoms with Crippen molar-refractivity contribution in [2.75, 3.05) is 19.8 Å². The van der Waals surface area contributed by atoms with Gasteiger partial charge >= 0.3 is 0 Å². The standard InChI is InChI=1S/C25H25NO3/c26-23-17-28-24(22(23)16-27)18-29-25(19-10-4-1-5-11-19,20-12-6-2-7-13-20)21-14-8-3-9-15-21/h1-15,22,24,26-27H,16-18H2/p+1/t22-,24+/m0/s1. The van der Waals surface area contributed by atoms with Crippen molar-refractivity contribution in [1.29, 1.82) is 0 Å². The first kappa shape index (κ1) is 19.5. The topological polar surface area (TPSA) is 64.3 Å². The summed E-state index contributed by atoms with van der Waals surface area (Å²) in [6.45, 7) is 0.619. The molecule has 0 spiro atoms. The molecule has 0 amide bonds. The molecule has 0 bridgehead atoms. The van der Waals surface area contributed by atoms with Crippen LogP contribution >= 0.6 is 0 Å². The van der Waals surface area contributed by atoms with Gasteiger partial charge in [-0.25, -0.2) is 0 Å². The number of hydrogen-bond donors (Lipinski definition) is 2. The second kappa shape index (κ2) is 8.70. The zero-order valence-corrected chi connectivity index (χ0v) is 16.3. The molecule has 0 saturated carbocycles. The molecule has 4 nitrogen and oxygen atoms in total. The van der Waals surface area contributed by atoms with Gasteiger partial charge in [-0.15, -0.1) is 0 Å². The van der Waals surface area contributed by atoms with E-state index in [-0.39, 0.29) is 18.6 Å². The lowest BCUT2D eigenvalue weighted by atomic mass is 9.80. The minimum absolute atomic E-state index is 0.0468. The molecule has 1 heterocycles. The molecule has 0 radical (unpaired) electrons. The van der Waals surface area contributed by atoms with Gasteiger partial charge in [-0.1, -0.05) is 91.0 Å². The highest BCUT2D eigenvalue weighted by molar-refractivity contribution is 5.84. The fraction of sp³-hybridized carbons (Fsp3) is 0.240. The Morgan fingerprint density at radius 3 is 1.69 bits per heavy atom. The lowest BCUT2D eigenvalue weighted by molar-refractivity contribution is -0.121. The van der Waals surface area contributed by atoms with E-state index < -0.39 is 5.60 Å². The lowest BCUT2D eigenvalue weighted by Gasteiger charge is -2.37. The summed E-state index contributed by atoms with van der Waals surface area (Å²) in [4.78, 5) is 0. The molecule has 4 heteroatoms. The Morgan fingerprint density at radius 1 is 0.828 bits per heavy atom. The first-order valence-electron chi connectivity index (χ1n) is 9.90. The fourth-order valence-electron chi connectivity index (χ4n) is 4.04. The third kappa shape index (κ3) is 3.75. The van der Waals surface area contributed by atoms with Gasteiger partial charge in [0.05, 0.1) is 25.2 Å². The van der Waals surface area contributed by atoms with E-state index in [1.54, 1.807) is 0 Å². The van der Waals surface area contributed by atoms with E-state index in [2.05, 4.69) is 36.4 Å². The summed E-state index contributed by atoms with van der Waals surface area (Å²) in [5, 5.41) is 15.8. The molecule has 0 aliphatic carbocycles. The highest BCUT2D eigenvalue weighted by Crippen LogP contribution is 2.41. The van der Waals surface area contributed by atoms with E-state index in [0.717, 1.165) is 16.7 Å². The van der Waals surface area contributed by atoms with E-state index in [4.69, 9.17) is 14.9 Å². The number of hydrogen-bond acceptors (Lipinski definition) is 3. The second-order valence-electron chi connectivity index (χ2n) is 7.30. The van der Waals surface area contributed by atoms with Crippen molar-refractivity contribution in [3.05, 3.63) is 108 Å². The maximum Gasteiger partial charge on any atom is 0.183 e. The van der Waals surface area contributed by atoms with Crippen LogP contribution in [0, 0.1) is 5.92 Å². The quantitative estimate of drug-likeness (QED) is 0.610. The Morgan fingerprint density at radius 2 is 1.28 bits per heavy atom. The van der Waals surface area contributed by atoms with Crippen LogP contribution in [0.2, 0.25) is 0 Å². The number of aliphatic hydroxyl groups is 1. The van der Waals surface area contributed by atoms with Crippen molar-refractivity contribution < 1.29 is 20.0 Å². The van der Waals surface area contributed by atoms with Gasteiger partial charge in [-0.05, 0) is 16.7 Å². The minimum Gasteiger partial charge on any atom is -0.395 e. The Kier molecular flexibility index (Phi) is 5.86. The van der Waals surface area contributed by atoms with Crippen molar-refractivity contribution in [1.82, 2.24) is 0 Å². The van der Waals surface area contributed by atoms with E-state index in [9.17, 15) is 5.11 Å². The molecule has 4 rings (SSSR count). The van der Waals surface area contributed by atoms with Crippen LogP contribution in [0.15, 0.2) is 91.0 Å². The normalized spacial score (nSPS) is 19.4. The highest BCUT2D eigenvalue weighted by atomic mass is 16.5. The third-order valence-corrected chi connectivity index (χ3v) is 5.59. The Balaban J connectivity index is 1.81. The predicted molar refractivity (Wildman–Crippen MR) is 112 cm³/mol. The van der Waals surface area contributed by atoms with Gasteiger partial charge in [0.25, 0.3) is 0 Å². The van der Waals surface area contributed by atoms with Crippen LogP contribution in [0.4, 0.5) is 0 Å². The van der Waals surface area contributed by atoms with Crippen molar-refractivity contribution in [2.24, 2.45) is 5.92 Å². The summed E-state index contributed by atoms with van der Waals surface area (Å²) < 4.78 is 12.6. The van der Waals surface area contributed by atoms with Gasteiger partial charge in [0.15, 0.2) is 5.71 Å². The third-order valence-electron chi connectivity index (χ3n) is 5.59. The van der Waals surface area contributed by atoms with Gasteiger partial charge in [-0.3, -0.25) is 5.41 Å². The highest BCUT2D eigenvalue weighted by Gasteiger charge is 2.42. The maximum absolute atomic E-state index is 9.75. The number of aliphatic hydroxyl groups excluding tert-OH is 1. The van der Waals surface area contributed by atoms with Crippen molar-refractivity contribution in [2.45, 2.75) is 11.7 Å². The Hall–Kier alpha value is -2.79. The molecule has 2 atom stereocenters. The summed E-state index contributed by atoms with van der Waals surface area (Å²) in [6, 6.07) is 30.6. The van der Waals surface area contributed by atoms with Crippen LogP contribution in [-0.2, 0) is 15.1 Å². The molecule has 0 aromatic heterocycles. The van der Waals surface area contributed by atoms with Crippen molar-refractivity contribution >= 4 is 5.71 Å². The molecule has 0 unspecified atom stereocenters. The second-order valence-corrected chi connectivity index (χ2v) is 7.30. The van der Waals surface area contributed by atoms with Crippen LogP contribution in [0.25, 0.3) is 0 Å². The molecule has 1 fully saturated rings. The van der Waals surface area contributed by atoms with Gasteiger partial charge in [0, 0.05) is 0 Å². The van der Waals surface area contributed by atoms with Crippen LogP contribution in [0.5, 0.6) is 0 Å². The van der Waals surface area contributed by atoms with Crippen LogP contribution in [0.1, 0.15) is 16.7 Å². The molecule has 3 aromatic rings. The Bertz CT molecular complexity index is 831. The average molecular weight is 388 g/mol. The summed E-state index contributed by atoms with van der Waals surface area (Å²) in [5.41, 5.74) is 2.98. The maximum atomic E-state index is 9.75. The fourth-order valence-corrected chi connectivity index (χ4v) is 4.04. The van der Waals surface area contributed by atoms with Crippen LogP contribution in [0.3, 0.4) is 0 Å².